The number of nitrogens with one attached hydrogen (secondary N) is 1. The molecule has 0 aliphatic heterocycles. The van der Waals surface area contributed by atoms with Gasteiger partial charge in [0.2, 0.25) is 5.91 Å². The van der Waals surface area contributed by atoms with E-state index < -0.39 is 0 Å². The van der Waals surface area contributed by atoms with E-state index in [1.807, 2.05) is 23.0 Å². The molecule has 2 aliphatic rings. The summed E-state index contributed by atoms with van der Waals surface area (Å²) in [5.74, 6) is 0.554. The molecule has 35 heavy (non-hydrogen) atoms. The number of ether oxygens (including phenoxy) is 1. The second-order valence-electron chi connectivity index (χ2n) is 8.95. The second kappa shape index (κ2) is 10.8. The number of aryl methyl sites for hydroxylation is 2. The van der Waals surface area contributed by atoms with Gasteiger partial charge in [-0.1, -0.05) is 18.2 Å². The van der Waals surface area contributed by atoms with Crippen molar-refractivity contribution in [3.05, 3.63) is 31.8 Å². The Labute approximate surface area is 217 Å². The van der Waals surface area contributed by atoms with Gasteiger partial charge in [0.25, 0.3) is 0 Å². The molecular formula is C25H30N4O3S3. The van der Waals surface area contributed by atoms with Crippen LogP contribution < -0.4 is 5.32 Å². The molecule has 3 heterocycles. The number of hydrogen-bond donors (Lipinski definition) is 1. The fraction of sp³-hybridized carbons (Fsp3) is 0.520. The Balaban J connectivity index is 1.29. The minimum atomic E-state index is -0.341. The Hall–Kier alpha value is -2.17. The average molecular weight is 531 g/mol. The molecule has 0 atom stereocenters. The quantitative estimate of drug-likeness (QED) is 0.241. The van der Waals surface area contributed by atoms with Crippen LogP contribution in [-0.2, 0) is 42.3 Å². The fourth-order valence-corrected chi connectivity index (χ4v) is 8.03. The molecule has 0 spiro atoms. The highest BCUT2D eigenvalue weighted by atomic mass is 32.2. The van der Waals surface area contributed by atoms with Crippen molar-refractivity contribution in [1.29, 1.82) is 0 Å². The first-order valence-electron chi connectivity index (χ1n) is 12.3. The molecule has 3 aromatic heterocycles. The van der Waals surface area contributed by atoms with E-state index in [9.17, 15) is 9.59 Å². The van der Waals surface area contributed by atoms with E-state index in [2.05, 4.69) is 20.9 Å². The zero-order valence-corrected chi connectivity index (χ0v) is 22.6. The number of amides is 1. The van der Waals surface area contributed by atoms with Gasteiger partial charge in [0, 0.05) is 27.7 Å². The topological polar surface area (TPSA) is 86.1 Å². The number of carbonyl (C=O) groups is 2. The molecule has 0 bridgehead atoms. The molecule has 186 valence electrons. The zero-order chi connectivity index (χ0) is 24.4. The van der Waals surface area contributed by atoms with Gasteiger partial charge in [0.15, 0.2) is 11.0 Å². The minimum Gasteiger partial charge on any atom is -0.462 e. The summed E-state index contributed by atoms with van der Waals surface area (Å²) in [6.07, 6.45) is 9.87. The van der Waals surface area contributed by atoms with Gasteiger partial charge in [-0.05, 0) is 69.4 Å². The molecular weight excluding hydrogens is 501 g/mol. The van der Waals surface area contributed by atoms with Gasteiger partial charge in [0.1, 0.15) is 5.00 Å². The van der Waals surface area contributed by atoms with Gasteiger partial charge >= 0.3 is 5.97 Å². The third kappa shape index (κ3) is 5.06. The standard InChI is InChI=1S/C25H30N4O3S3/c1-3-32-24(31)21-16-10-5-4-6-12-19(16)35-23(21)26-20(30)14-34-25-28-27-22(29(25)2)17-13-33-18-11-8-7-9-15(17)18/h13H,3-12,14H2,1-2H3,(H,26,30). The summed E-state index contributed by atoms with van der Waals surface area (Å²) in [5.41, 5.74) is 4.20. The molecule has 1 N–H and O–H groups in total. The van der Waals surface area contributed by atoms with E-state index in [4.69, 9.17) is 4.74 Å². The first-order chi connectivity index (χ1) is 17.1. The zero-order valence-electron chi connectivity index (χ0n) is 20.1. The van der Waals surface area contributed by atoms with Crippen LogP contribution in [0.25, 0.3) is 11.4 Å². The summed E-state index contributed by atoms with van der Waals surface area (Å²) in [5, 5.41) is 15.3. The van der Waals surface area contributed by atoms with Crippen LogP contribution in [0.4, 0.5) is 5.00 Å². The summed E-state index contributed by atoms with van der Waals surface area (Å²) >= 11 is 4.70. The number of nitrogens with zero attached hydrogens (tertiary/aromatic N) is 3. The first-order valence-corrected chi connectivity index (χ1v) is 15.0. The van der Waals surface area contributed by atoms with Crippen molar-refractivity contribution in [2.75, 3.05) is 17.7 Å². The predicted molar refractivity (Wildman–Crippen MR) is 142 cm³/mol. The van der Waals surface area contributed by atoms with Gasteiger partial charge in [0.05, 0.1) is 17.9 Å². The highest BCUT2D eigenvalue weighted by molar-refractivity contribution is 7.99. The highest BCUT2D eigenvalue weighted by Crippen LogP contribution is 2.39. The number of aromatic nitrogens is 3. The molecule has 1 amide bonds. The van der Waals surface area contributed by atoms with Crippen molar-refractivity contribution in [2.24, 2.45) is 7.05 Å². The lowest BCUT2D eigenvalue weighted by molar-refractivity contribution is -0.113. The lowest BCUT2D eigenvalue weighted by Gasteiger charge is -2.12. The summed E-state index contributed by atoms with van der Waals surface area (Å²) < 4.78 is 7.31. The lowest BCUT2D eigenvalue weighted by atomic mass is 9.96. The molecule has 0 unspecified atom stereocenters. The van der Waals surface area contributed by atoms with Crippen LogP contribution in [0, 0.1) is 0 Å². The van der Waals surface area contributed by atoms with Crippen LogP contribution in [0.3, 0.4) is 0 Å². The SMILES string of the molecule is CCOC(=O)c1c(NC(=O)CSc2nnc(-c3csc4c3CCCC4)n2C)sc2c1CCCCC2. The maximum atomic E-state index is 12.9. The van der Waals surface area contributed by atoms with Crippen LogP contribution >= 0.6 is 34.4 Å². The molecule has 0 fully saturated rings. The van der Waals surface area contributed by atoms with Crippen molar-refractivity contribution in [3.63, 3.8) is 0 Å². The normalized spacial score (nSPS) is 15.3. The Bertz CT molecular complexity index is 1240. The van der Waals surface area contributed by atoms with Crippen molar-refractivity contribution in [2.45, 2.75) is 69.9 Å². The minimum absolute atomic E-state index is 0.158. The number of thiophene rings is 2. The van der Waals surface area contributed by atoms with Crippen molar-refractivity contribution >= 4 is 51.3 Å². The first kappa shape index (κ1) is 24.5. The number of thioether (sulfide) groups is 1. The van der Waals surface area contributed by atoms with Crippen LogP contribution in [-0.4, -0.2) is 39.0 Å². The van der Waals surface area contributed by atoms with E-state index in [-0.39, 0.29) is 17.6 Å². The van der Waals surface area contributed by atoms with Crippen LogP contribution in [0.5, 0.6) is 0 Å². The molecule has 2 aliphatic carbocycles. The molecule has 0 aromatic carbocycles. The molecule has 10 heteroatoms. The number of fused-ring (bicyclic) bond motifs is 2. The Morgan fingerprint density at radius 3 is 2.66 bits per heavy atom. The van der Waals surface area contributed by atoms with Crippen molar-refractivity contribution in [3.8, 4) is 11.4 Å². The number of hydrogen-bond acceptors (Lipinski definition) is 8. The van der Waals surface area contributed by atoms with Crippen molar-refractivity contribution < 1.29 is 14.3 Å². The van der Waals surface area contributed by atoms with E-state index in [0.717, 1.165) is 56.3 Å². The fourth-order valence-electron chi connectivity index (χ4n) is 4.90. The summed E-state index contributed by atoms with van der Waals surface area (Å²) in [4.78, 5) is 28.3. The molecule has 7 nitrogen and oxygen atoms in total. The second-order valence-corrected chi connectivity index (χ2v) is 12.0. The molecule has 0 radical (unpaired) electrons. The van der Waals surface area contributed by atoms with Crippen LogP contribution in [0.1, 0.15) is 70.3 Å². The third-order valence-electron chi connectivity index (χ3n) is 6.62. The van der Waals surface area contributed by atoms with Crippen molar-refractivity contribution in [1.82, 2.24) is 14.8 Å². The van der Waals surface area contributed by atoms with E-state index in [0.29, 0.717) is 22.3 Å². The largest absolute Gasteiger partial charge is 0.462 e. The van der Waals surface area contributed by atoms with Gasteiger partial charge in [-0.3, -0.25) is 4.79 Å². The maximum Gasteiger partial charge on any atom is 0.341 e. The molecule has 0 saturated heterocycles. The number of carbonyl (C=O) groups excluding carboxylic acids is 2. The Morgan fingerprint density at radius 1 is 1.06 bits per heavy atom. The third-order valence-corrected chi connectivity index (χ3v) is 9.94. The summed E-state index contributed by atoms with van der Waals surface area (Å²) in [6.45, 7) is 2.12. The Kier molecular flexibility index (Phi) is 7.59. The van der Waals surface area contributed by atoms with Gasteiger partial charge < -0.3 is 14.6 Å². The van der Waals surface area contributed by atoms with E-state index in [1.54, 1.807) is 6.92 Å². The number of rotatable bonds is 7. The Morgan fingerprint density at radius 2 is 1.80 bits per heavy atom. The maximum absolute atomic E-state index is 12.9. The lowest BCUT2D eigenvalue weighted by Crippen LogP contribution is -2.17. The van der Waals surface area contributed by atoms with E-state index >= 15 is 0 Å². The molecule has 3 aromatic rings. The van der Waals surface area contributed by atoms with E-state index in [1.165, 1.54) is 56.8 Å². The smallest absolute Gasteiger partial charge is 0.341 e. The summed E-state index contributed by atoms with van der Waals surface area (Å²) in [6, 6.07) is 0. The summed E-state index contributed by atoms with van der Waals surface area (Å²) in [7, 11) is 1.96. The number of esters is 1. The van der Waals surface area contributed by atoms with Gasteiger partial charge in [-0.2, -0.15) is 0 Å². The predicted octanol–water partition coefficient (Wildman–Crippen LogP) is 5.66. The van der Waals surface area contributed by atoms with Gasteiger partial charge in [-0.15, -0.1) is 32.9 Å². The van der Waals surface area contributed by atoms with Crippen LogP contribution in [0.2, 0.25) is 0 Å². The molecule has 0 saturated carbocycles. The monoisotopic (exact) mass is 530 g/mol. The average Bonchev–Trinajstić information content (AvgIpc) is 3.48. The molecule has 5 rings (SSSR count). The highest BCUT2D eigenvalue weighted by Gasteiger charge is 2.27. The number of anilines is 1. The van der Waals surface area contributed by atoms with Crippen LogP contribution in [0.15, 0.2) is 10.5 Å². The van der Waals surface area contributed by atoms with Gasteiger partial charge in [-0.25, -0.2) is 4.79 Å².